The van der Waals surface area contributed by atoms with Crippen LogP contribution in [0.2, 0.25) is 5.02 Å². The van der Waals surface area contributed by atoms with E-state index in [2.05, 4.69) is 15.6 Å². The van der Waals surface area contributed by atoms with Crippen LogP contribution in [0.4, 0.5) is 0 Å². The molecule has 0 bridgehead atoms. The molecule has 3 aromatic rings. The van der Waals surface area contributed by atoms with Crippen LogP contribution in [0.25, 0.3) is 5.69 Å². The fourth-order valence-electron chi connectivity index (χ4n) is 6.16. The summed E-state index contributed by atoms with van der Waals surface area (Å²) in [5.74, 6) is -4.85. The number of carbonyl (C=O) groups excluding carboxylic acids is 4. The summed E-state index contributed by atoms with van der Waals surface area (Å²) in [4.78, 5) is 71.2. The van der Waals surface area contributed by atoms with Gasteiger partial charge < -0.3 is 31.8 Å². The van der Waals surface area contributed by atoms with Crippen molar-refractivity contribution in [3.63, 3.8) is 0 Å². The molecule has 0 radical (unpaired) electrons. The summed E-state index contributed by atoms with van der Waals surface area (Å²) < 4.78 is 1.76. The summed E-state index contributed by atoms with van der Waals surface area (Å²) in [6.07, 6.45) is 4.64. The van der Waals surface area contributed by atoms with Crippen LogP contribution in [0.5, 0.6) is 0 Å². The molecule has 2 aromatic carbocycles. The Labute approximate surface area is 316 Å². The van der Waals surface area contributed by atoms with Gasteiger partial charge in [0.05, 0.1) is 23.6 Å². The Bertz CT molecular complexity index is 1700. The minimum atomic E-state index is -1.09. The zero-order valence-electron chi connectivity index (χ0n) is 31.0. The predicted octanol–water partition coefficient (Wildman–Crippen LogP) is 5.34. The molecule has 53 heavy (non-hydrogen) atoms. The number of Topliss-reactive ketones (excluding diaryl/α,β-unsaturated/α-hetero) is 2. The normalized spacial score (nSPS) is 14.0. The minimum absolute atomic E-state index is 0.0288. The molecule has 0 saturated heterocycles. The molecule has 12 nitrogen and oxygen atoms in total. The third-order valence-corrected chi connectivity index (χ3v) is 9.52. The Morgan fingerprint density at radius 3 is 2.15 bits per heavy atom. The molecule has 5 atom stereocenters. The number of nitrogens with one attached hydrogen (secondary N) is 2. The van der Waals surface area contributed by atoms with Crippen LogP contribution in [-0.2, 0) is 25.6 Å². The van der Waals surface area contributed by atoms with Crippen molar-refractivity contribution in [2.24, 2.45) is 40.1 Å². The first-order valence-corrected chi connectivity index (χ1v) is 18.5. The van der Waals surface area contributed by atoms with Gasteiger partial charge >= 0.3 is 5.97 Å². The van der Waals surface area contributed by atoms with Gasteiger partial charge in [-0.1, -0.05) is 76.0 Å². The third-order valence-electron chi connectivity index (χ3n) is 9.27. The van der Waals surface area contributed by atoms with Gasteiger partial charge in [0.25, 0.3) is 5.91 Å². The molecule has 0 saturated carbocycles. The van der Waals surface area contributed by atoms with Gasteiger partial charge in [-0.2, -0.15) is 0 Å². The number of aliphatic imine (C=N–C) groups is 1. The van der Waals surface area contributed by atoms with Crippen LogP contribution in [0.3, 0.4) is 0 Å². The second kappa shape index (κ2) is 20.9. The fourth-order valence-corrected chi connectivity index (χ4v) is 6.29. The molecule has 3 rings (SSSR count). The number of carboxylic acid groups (broad SMARTS) is 1. The molecule has 0 aliphatic carbocycles. The van der Waals surface area contributed by atoms with E-state index in [9.17, 15) is 29.1 Å². The molecular weight excluding hydrogens is 696 g/mol. The van der Waals surface area contributed by atoms with Crippen LogP contribution in [0, 0.1) is 23.7 Å². The minimum Gasteiger partial charge on any atom is -0.481 e. The van der Waals surface area contributed by atoms with Crippen LogP contribution >= 0.6 is 11.6 Å². The van der Waals surface area contributed by atoms with E-state index < -0.39 is 41.7 Å². The third kappa shape index (κ3) is 13.8. The highest BCUT2D eigenvalue weighted by molar-refractivity contribution is 6.30. The van der Waals surface area contributed by atoms with E-state index >= 15 is 0 Å². The number of benzene rings is 2. The molecule has 0 spiro atoms. The summed E-state index contributed by atoms with van der Waals surface area (Å²) in [6.45, 7) is 7.84. The maximum atomic E-state index is 14.0. The van der Waals surface area contributed by atoms with Gasteiger partial charge in [-0.25, -0.2) is 0 Å². The molecule has 1 heterocycles. The molecular formula is C40H53ClN6O6. The SMILES string of the molecule is CC[C@H](C)[C@H](NC(=O)[C@@H](CC(=O)[C@H](CCCN=C(N)N)NC(=O)c1ccn(-c2ccc(Cl)cc2)c1)CC(C)C)C(=O)C[C@@H](Cc1ccccc1)C(=O)O. The number of carboxylic acids is 1. The quantitative estimate of drug-likeness (QED) is 0.0515. The van der Waals surface area contributed by atoms with Crippen molar-refractivity contribution in [1.29, 1.82) is 0 Å². The smallest absolute Gasteiger partial charge is 0.307 e. The number of halogens is 1. The van der Waals surface area contributed by atoms with Gasteiger partial charge in [0, 0.05) is 48.4 Å². The summed E-state index contributed by atoms with van der Waals surface area (Å²) in [5.41, 5.74) is 12.9. The molecule has 13 heteroatoms. The molecule has 286 valence electrons. The number of guanidine groups is 1. The number of carbonyl (C=O) groups is 5. The van der Waals surface area contributed by atoms with Crippen molar-refractivity contribution in [3.8, 4) is 5.69 Å². The average Bonchev–Trinajstić information content (AvgIpc) is 3.62. The van der Waals surface area contributed by atoms with Crippen molar-refractivity contribution in [1.82, 2.24) is 15.2 Å². The van der Waals surface area contributed by atoms with Crippen molar-refractivity contribution < 1.29 is 29.1 Å². The number of ketones is 2. The first-order chi connectivity index (χ1) is 25.2. The Morgan fingerprint density at radius 2 is 1.55 bits per heavy atom. The number of rotatable bonds is 22. The molecule has 0 aliphatic heterocycles. The number of nitrogens with zero attached hydrogens (tertiary/aromatic N) is 2. The number of aliphatic carboxylic acids is 1. The second-order valence-corrected chi connectivity index (χ2v) is 14.5. The fraction of sp³-hybridized carbons (Fsp3) is 0.450. The van der Waals surface area contributed by atoms with E-state index in [-0.39, 0.29) is 61.6 Å². The molecule has 2 amide bonds. The zero-order valence-corrected chi connectivity index (χ0v) is 31.7. The molecule has 1 aromatic heterocycles. The second-order valence-electron chi connectivity index (χ2n) is 14.0. The Kier molecular flexibility index (Phi) is 16.7. The highest BCUT2D eigenvalue weighted by Crippen LogP contribution is 2.23. The van der Waals surface area contributed by atoms with E-state index in [1.54, 1.807) is 35.2 Å². The number of hydrogen-bond acceptors (Lipinski definition) is 6. The lowest BCUT2D eigenvalue weighted by Crippen LogP contribution is -2.49. The summed E-state index contributed by atoms with van der Waals surface area (Å²) >= 11 is 6.02. The Morgan fingerprint density at radius 1 is 0.887 bits per heavy atom. The summed E-state index contributed by atoms with van der Waals surface area (Å²) in [7, 11) is 0. The lowest BCUT2D eigenvalue weighted by molar-refractivity contribution is -0.144. The van der Waals surface area contributed by atoms with Crippen molar-refractivity contribution in [2.75, 3.05) is 6.54 Å². The Balaban J connectivity index is 1.79. The molecule has 0 unspecified atom stereocenters. The van der Waals surface area contributed by atoms with Crippen LogP contribution in [-0.4, -0.2) is 63.6 Å². The van der Waals surface area contributed by atoms with Crippen molar-refractivity contribution in [2.45, 2.75) is 84.7 Å². The van der Waals surface area contributed by atoms with Gasteiger partial charge in [0.2, 0.25) is 5.91 Å². The molecule has 7 N–H and O–H groups in total. The predicted molar refractivity (Wildman–Crippen MR) is 207 cm³/mol. The van der Waals surface area contributed by atoms with E-state index in [4.69, 9.17) is 23.1 Å². The maximum absolute atomic E-state index is 14.0. The average molecular weight is 749 g/mol. The number of hydrogen-bond donors (Lipinski definition) is 5. The largest absolute Gasteiger partial charge is 0.481 e. The van der Waals surface area contributed by atoms with Crippen LogP contribution in [0.15, 0.2) is 78.0 Å². The van der Waals surface area contributed by atoms with Gasteiger partial charge in [-0.05, 0) is 73.4 Å². The Hall–Kier alpha value is -4.97. The highest BCUT2D eigenvalue weighted by atomic mass is 35.5. The van der Waals surface area contributed by atoms with Gasteiger partial charge in [0.15, 0.2) is 17.5 Å². The molecule has 0 fully saturated rings. The molecule has 0 aliphatic rings. The van der Waals surface area contributed by atoms with Crippen LogP contribution < -0.4 is 22.1 Å². The van der Waals surface area contributed by atoms with Crippen molar-refractivity contribution in [3.05, 3.63) is 89.2 Å². The van der Waals surface area contributed by atoms with Gasteiger partial charge in [-0.15, -0.1) is 0 Å². The monoisotopic (exact) mass is 748 g/mol. The summed E-state index contributed by atoms with van der Waals surface area (Å²) in [5, 5.41) is 16.3. The highest BCUT2D eigenvalue weighted by Gasteiger charge is 2.34. The van der Waals surface area contributed by atoms with Gasteiger partial charge in [-0.3, -0.25) is 29.0 Å². The topological polar surface area (TPSA) is 199 Å². The van der Waals surface area contributed by atoms with Crippen molar-refractivity contribution >= 4 is 46.9 Å². The van der Waals surface area contributed by atoms with Gasteiger partial charge in [0.1, 0.15) is 0 Å². The van der Waals surface area contributed by atoms with E-state index in [1.807, 2.05) is 70.2 Å². The standard InChI is InChI=1S/C40H53ClN6O6/c1-5-26(4)36(35(49)23-30(39(52)53)21-27-10-7-6-8-11-27)46-38(51)29(20-25(2)3)22-34(48)33(12-9-18-44-40(42)43)45-37(50)28-17-19-47(24-28)32-15-13-31(41)14-16-32/h6-8,10-11,13-17,19,24-26,29-30,33,36H,5,9,12,18,20-23H2,1-4H3,(H,45,50)(H,46,51)(H,52,53)(H4,42,43,44)/t26-,29+,30+,33-,36-/m0/s1. The number of amides is 2. The maximum Gasteiger partial charge on any atom is 0.307 e. The first-order valence-electron chi connectivity index (χ1n) is 18.1. The first kappa shape index (κ1) is 42.4. The van der Waals surface area contributed by atoms with Crippen LogP contribution in [0.1, 0.15) is 82.1 Å². The lowest BCUT2D eigenvalue weighted by atomic mass is 9.85. The summed E-state index contributed by atoms with van der Waals surface area (Å²) in [6, 6.07) is 16.0. The zero-order chi connectivity index (χ0) is 39.1. The van der Waals surface area contributed by atoms with E-state index in [0.717, 1.165) is 11.3 Å². The lowest BCUT2D eigenvalue weighted by Gasteiger charge is -2.28. The van der Waals surface area contributed by atoms with E-state index in [1.165, 1.54) is 0 Å². The number of nitrogens with two attached hydrogens (primary N) is 2. The van der Waals surface area contributed by atoms with E-state index in [0.29, 0.717) is 29.8 Å². The number of aromatic nitrogens is 1.